The van der Waals surface area contributed by atoms with Crippen molar-refractivity contribution in [1.82, 2.24) is 15.5 Å². The van der Waals surface area contributed by atoms with Gasteiger partial charge in [0.15, 0.2) is 0 Å². The molecule has 1 rings (SSSR count). The van der Waals surface area contributed by atoms with Crippen LogP contribution < -0.4 is 10.6 Å². The normalized spacial score (nSPS) is 17.2. The van der Waals surface area contributed by atoms with Crippen LogP contribution in [0.2, 0.25) is 0 Å². The van der Waals surface area contributed by atoms with Crippen molar-refractivity contribution in [3.8, 4) is 0 Å². The van der Waals surface area contributed by atoms with Gasteiger partial charge in [-0.15, -0.1) is 0 Å². The Bertz CT molecular complexity index is 357. The minimum atomic E-state index is -0.804. The van der Waals surface area contributed by atoms with E-state index in [1.807, 2.05) is 0 Å². The molecule has 1 aliphatic rings. The number of hydrogen-bond acceptors (Lipinski definition) is 5. The number of hydrogen-bond donors (Lipinski definition) is 3. The van der Waals surface area contributed by atoms with Gasteiger partial charge in [0.2, 0.25) is 5.91 Å². The lowest BCUT2D eigenvalue weighted by Gasteiger charge is -2.27. The van der Waals surface area contributed by atoms with Crippen molar-refractivity contribution in [3.63, 3.8) is 0 Å². The minimum absolute atomic E-state index is 0.00212. The van der Waals surface area contributed by atoms with Crippen LogP contribution in [0.25, 0.3) is 0 Å². The van der Waals surface area contributed by atoms with Crippen LogP contribution in [0.3, 0.4) is 0 Å². The van der Waals surface area contributed by atoms with Crippen molar-refractivity contribution in [2.45, 2.75) is 39.2 Å². The summed E-state index contributed by atoms with van der Waals surface area (Å²) in [5.41, 5.74) is 0. The van der Waals surface area contributed by atoms with Gasteiger partial charge in [-0.2, -0.15) is 0 Å². The number of ether oxygens (including phenoxy) is 1. The highest BCUT2D eigenvalue weighted by Crippen LogP contribution is 2.05. The zero-order valence-electron chi connectivity index (χ0n) is 14.3. The third-order valence-corrected chi connectivity index (χ3v) is 3.81. The van der Waals surface area contributed by atoms with E-state index in [0.717, 1.165) is 39.3 Å². The summed E-state index contributed by atoms with van der Waals surface area (Å²) in [5, 5.41) is 14.8. The number of carboxylic acid groups (broad SMARTS) is 1. The molecule has 0 aromatic heterocycles. The zero-order valence-corrected chi connectivity index (χ0v) is 14.3. The predicted molar refractivity (Wildman–Crippen MR) is 88.4 cm³/mol. The van der Waals surface area contributed by atoms with Crippen LogP contribution in [-0.2, 0) is 14.3 Å². The summed E-state index contributed by atoms with van der Waals surface area (Å²) in [5.74, 6) is -0.401. The molecule has 0 aliphatic carbocycles. The van der Waals surface area contributed by atoms with E-state index >= 15 is 0 Å². The molecule has 0 unspecified atom stereocenters. The maximum absolute atomic E-state index is 12.3. The SMILES string of the molecule is CC(C)C[C@H](NCCCC(=O)O)C(=O)NCCN1CCOCC1. The molecule has 0 aromatic carbocycles. The van der Waals surface area contributed by atoms with E-state index in [2.05, 4.69) is 29.4 Å². The van der Waals surface area contributed by atoms with E-state index in [9.17, 15) is 9.59 Å². The molecule has 0 bridgehead atoms. The maximum Gasteiger partial charge on any atom is 0.303 e. The molecule has 0 radical (unpaired) electrons. The lowest BCUT2D eigenvalue weighted by Crippen LogP contribution is -2.48. The van der Waals surface area contributed by atoms with E-state index in [1.165, 1.54) is 0 Å². The topological polar surface area (TPSA) is 90.9 Å². The first-order valence-corrected chi connectivity index (χ1v) is 8.52. The molecular weight excluding hydrogens is 298 g/mol. The van der Waals surface area contributed by atoms with Gasteiger partial charge in [-0.1, -0.05) is 13.8 Å². The molecule has 23 heavy (non-hydrogen) atoms. The first kappa shape index (κ1) is 19.9. The molecule has 7 nitrogen and oxygen atoms in total. The van der Waals surface area contributed by atoms with E-state index in [0.29, 0.717) is 25.4 Å². The second kappa shape index (κ2) is 11.4. The van der Waals surface area contributed by atoms with Crippen molar-refractivity contribution in [2.24, 2.45) is 5.92 Å². The van der Waals surface area contributed by atoms with E-state index in [1.54, 1.807) is 0 Å². The number of nitrogens with zero attached hydrogens (tertiary/aromatic N) is 1. The minimum Gasteiger partial charge on any atom is -0.481 e. The molecule has 1 amide bonds. The molecule has 1 aliphatic heterocycles. The van der Waals surface area contributed by atoms with Gasteiger partial charge in [-0.3, -0.25) is 14.5 Å². The first-order valence-electron chi connectivity index (χ1n) is 8.52. The number of carbonyl (C=O) groups excluding carboxylic acids is 1. The molecule has 3 N–H and O–H groups in total. The fraction of sp³-hybridized carbons (Fsp3) is 0.875. The highest BCUT2D eigenvalue weighted by atomic mass is 16.5. The van der Waals surface area contributed by atoms with Gasteiger partial charge in [0.1, 0.15) is 0 Å². The quantitative estimate of drug-likeness (QED) is 0.473. The van der Waals surface area contributed by atoms with Crippen LogP contribution in [0.5, 0.6) is 0 Å². The van der Waals surface area contributed by atoms with Gasteiger partial charge in [0, 0.05) is 32.6 Å². The lowest BCUT2D eigenvalue weighted by atomic mass is 10.0. The van der Waals surface area contributed by atoms with Gasteiger partial charge in [0.25, 0.3) is 0 Å². The number of morpholine rings is 1. The van der Waals surface area contributed by atoms with Gasteiger partial charge >= 0.3 is 5.97 Å². The van der Waals surface area contributed by atoms with Crippen LogP contribution >= 0.6 is 0 Å². The Morgan fingerprint density at radius 1 is 1.22 bits per heavy atom. The molecule has 7 heteroatoms. The molecule has 134 valence electrons. The van der Waals surface area contributed by atoms with E-state index < -0.39 is 5.97 Å². The Hall–Kier alpha value is -1.18. The van der Waals surface area contributed by atoms with Crippen LogP contribution in [0.15, 0.2) is 0 Å². The highest BCUT2D eigenvalue weighted by molar-refractivity contribution is 5.81. The smallest absolute Gasteiger partial charge is 0.303 e. The second-order valence-corrected chi connectivity index (χ2v) is 6.38. The Morgan fingerprint density at radius 3 is 2.52 bits per heavy atom. The third kappa shape index (κ3) is 9.53. The number of carboxylic acids is 1. The average molecular weight is 329 g/mol. The van der Waals surface area contributed by atoms with Crippen LogP contribution in [-0.4, -0.2) is 73.9 Å². The van der Waals surface area contributed by atoms with Crippen molar-refractivity contribution >= 4 is 11.9 Å². The molecule has 1 heterocycles. The van der Waals surface area contributed by atoms with Gasteiger partial charge in [-0.25, -0.2) is 0 Å². The van der Waals surface area contributed by atoms with Crippen LogP contribution in [0.4, 0.5) is 0 Å². The summed E-state index contributed by atoms with van der Waals surface area (Å²) >= 11 is 0. The Balaban J connectivity index is 2.27. The summed E-state index contributed by atoms with van der Waals surface area (Å²) < 4.78 is 5.30. The lowest BCUT2D eigenvalue weighted by molar-refractivity contribution is -0.137. The molecule has 1 saturated heterocycles. The number of nitrogens with one attached hydrogen (secondary N) is 2. The number of aliphatic carboxylic acids is 1. The second-order valence-electron chi connectivity index (χ2n) is 6.38. The number of amides is 1. The maximum atomic E-state index is 12.3. The average Bonchev–Trinajstić information content (AvgIpc) is 2.50. The fourth-order valence-corrected chi connectivity index (χ4v) is 2.56. The largest absolute Gasteiger partial charge is 0.481 e. The molecular formula is C16H31N3O4. The summed E-state index contributed by atoms with van der Waals surface area (Å²) in [6.45, 7) is 9.51. The van der Waals surface area contributed by atoms with Crippen LogP contribution in [0.1, 0.15) is 33.1 Å². The summed E-state index contributed by atoms with van der Waals surface area (Å²) in [6, 6.07) is -0.256. The number of rotatable bonds is 11. The molecule has 0 saturated carbocycles. The molecule has 1 fully saturated rings. The Kier molecular flexibility index (Phi) is 9.82. The van der Waals surface area contributed by atoms with Gasteiger partial charge in [-0.05, 0) is 25.3 Å². The Morgan fingerprint density at radius 2 is 1.91 bits per heavy atom. The highest BCUT2D eigenvalue weighted by Gasteiger charge is 2.19. The Labute approximate surface area is 138 Å². The standard InChI is InChI=1S/C16H31N3O4/c1-13(2)12-14(17-5-3-4-15(20)21)16(22)18-6-7-19-8-10-23-11-9-19/h13-14,17H,3-12H2,1-2H3,(H,18,22)(H,20,21)/t14-/m0/s1. The monoisotopic (exact) mass is 329 g/mol. The number of carbonyl (C=O) groups is 2. The van der Waals surface area contributed by atoms with E-state index in [-0.39, 0.29) is 18.4 Å². The van der Waals surface area contributed by atoms with Crippen molar-refractivity contribution in [3.05, 3.63) is 0 Å². The van der Waals surface area contributed by atoms with Gasteiger partial charge < -0.3 is 20.5 Å². The van der Waals surface area contributed by atoms with Crippen molar-refractivity contribution < 1.29 is 19.4 Å². The van der Waals surface area contributed by atoms with Crippen LogP contribution in [0, 0.1) is 5.92 Å². The third-order valence-electron chi connectivity index (χ3n) is 3.81. The summed E-state index contributed by atoms with van der Waals surface area (Å²) in [4.78, 5) is 25.1. The fourth-order valence-electron chi connectivity index (χ4n) is 2.56. The first-order chi connectivity index (χ1) is 11.0. The van der Waals surface area contributed by atoms with Gasteiger partial charge in [0.05, 0.1) is 19.3 Å². The molecule has 0 spiro atoms. The zero-order chi connectivity index (χ0) is 17.1. The molecule has 1 atom stereocenters. The summed E-state index contributed by atoms with van der Waals surface area (Å²) in [6.07, 6.45) is 1.40. The summed E-state index contributed by atoms with van der Waals surface area (Å²) in [7, 11) is 0. The molecule has 0 aromatic rings. The predicted octanol–water partition coefficient (Wildman–Crippen LogP) is 0.304. The van der Waals surface area contributed by atoms with Crippen molar-refractivity contribution in [2.75, 3.05) is 45.9 Å². The van der Waals surface area contributed by atoms with Crippen molar-refractivity contribution in [1.29, 1.82) is 0 Å². The van der Waals surface area contributed by atoms with E-state index in [4.69, 9.17) is 9.84 Å².